The second-order valence-corrected chi connectivity index (χ2v) is 12.8. The number of hydrogen-bond donors (Lipinski definition) is 1. The Morgan fingerprint density at radius 1 is 0.909 bits per heavy atom. The molecule has 1 atom stereocenters. The molecule has 0 aromatic carbocycles. The van der Waals surface area contributed by atoms with Crippen molar-refractivity contribution >= 4 is 21.7 Å². The third-order valence-electron chi connectivity index (χ3n) is 5.30. The monoisotopic (exact) mass is 529 g/mol. The van der Waals surface area contributed by atoms with Crippen LogP contribution in [0.3, 0.4) is 0 Å². The van der Waals surface area contributed by atoms with Gasteiger partial charge in [-0.3, -0.25) is 0 Å². The van der Waals surface area contributed by atoms with Crippen molar-refractivity contribution in [2.75, 3.05) is 45.9 Å². The predicted molar refractivity (Wildman–Crippen MR) is 113 cm³/mol. The third-order valence-corrected chi connectivity index (χ3v) is 9.06. The molecule has 33 heavy (non-hydrogen) atoms. The van der Waals surface area contributed by atoms with Gasteiger partial charge in [0.25, 0.3) is 0 Å². The van der Waals surface area contributed by atoms with Crippen LogP contribution in [0.4, 0.5) is 25.2 Å². The van der Waals surface area contributed by atoms with Gasteiger partial charge in [-0.25, -0.2) is 4.79 Å². The van der Waals surface area contributed by atoms with Gasteiger partial charge in [-0.2, -0.15) is 5.26 Å². The van der Waals surface area contributed by atoms with Gasteiger partial charge in [-0.1, -0.05) is 4.62 Å². The minimum absolute atomic E-state index is 0.253. The first-order valence-corrected chi connectivity index (χ1v) is 14.5. The Kier molecular flexibility index (Phi) is 9.00. The first-order chi connectivity index (χ1) is 15.2. The van der Waals surface area contributed by atoms with Crippen molar-refractivity contribution in [3.8, 4) is 6.07 Å². The van der Waals surface area contributed by atoms with Crippen molar-refractivity contribution in [1.82, 2.24) is 19.5 Å². The number of carbonyl (C=O) groups is 1. The van der Waals surface area contributed by atoms with E-state index in [1.807, 2.05) is 6.07 Å². The maximum atomic E-state index is 12.0. The second kappa shape index (κ2) is 10.4. The molecule has 0 bridgehead atoms. The van der Waals surface area contributed by atoms with Crippen LogP contribution < -0.4 is 5.48 Å². The van der Waals surface area contributed by atoms with Crippen LogP contribution in [-0.2, 0) is 14.2 Å². The van der Waals surface area contributed by atoms with E-state index in [-0.39, 0.29) is 6.61 Å². The Labute approximate surface area is 189 Å². The number of nitrogens with zero attached hydrogens (tertiary/aromatic N) is 4. The Bertz CT molecular complexity index is 654. The number of nitrogens with one attached hydrogen (secondary N) is 1. The molecule has 3 heterocycles. The SMILES string of the molecule is CCOC(=O)C(C#N)NO[P+](N1CCCC1)(N1CCCC1)N1CCCC1.F[P-](F)(F)(F)(F)F. The summed E-state index contributed by atoms with van der Waals surface area (Å²) in [6.07, 6.45) is 7.04. The molecule has 0 radical (unpaired) electrons. The summed E-state index contributed by atoms with van der Waals surface area (Å²) < 4.78 is 78.1. The Balaban J connectivity index is 0.000000479. The first-order valence-electron chi connectivity index (χ1n) is 10.9. The zero-order valence-corrected chi connectivity index (χ0v) is 20.2. The van der Waals surface area contributed by atoms with Gasteiger partial charge in [0, 0.05) is 39.3 Å². The summed E-state index contributed by atoms with van der Waals surface area (Å²) in [4.78, 5) is 12.0. The molecule has 1 unspecified atom stereocenters. The number of hydrogen-bond acceptors (Lipinski definition) is 8. The Morgan fingerprint density at radius 2 is 1.24 bits per heavy atom. The van der Waals surface area contributed by atoms with Gasteiger partial charge in [0.15, 0.2) is 0 Å². The average molecular weight is 529 g/mol. The molecule has 3 rings (SSSR count). The van der Waals surface area contributed by atoms with E-state index in [9.17, 15) is 35.2 Å². The molecular weight excluding hydrogens is 498 g/mol. The Hall–Kier alpha value is -0.800. The number of nitriles is 1. The van der Waals surface area contributed by atoms with Crippen LogP contribution in [0.25, 0.3) is 0 Å². The molecule has 0 saturated carbocycles. The molecule has 3 aliphatic rings. The van der Waals surface area contributed by atoms with E-state index < -0.39 is 27.8 Å². The fourth-order valence-corrected chi connectivity index (χ4v) is 8.15. The number of rotatable bonds is 8. The molecule has 1 N–H and O–H groups in total. The molecule has 0 aliphatic carbocycles. The van der Waals surface area contributed by atoms with Crippen LogP contribution in [0.15, 0.2) is 0 Å². The number of halogens is 6. The van der Waals surface area contributed by atoms with Crippen LogP contribution in [-0.4, -0.2) is 71.9 Å². The summed E-state index contributed by atoms with van der Waals surface area (Å²) in [5, 5.41) is 9.39. The number of esters is 1. The molecular formula is C17H31F6N5O3P2. The minimum atomic E-state index is -10.7. The van der Waals surface area contributed by atoms with E-state index in [0.717, 1.165) is 39.3 Å². The summed E-state index contributed by atoms with van der Waals surface area (Å²) in [6, 6.07) is 0.887. The summed E-state index contributed by atoms with van der Waals surface area (Å²) in [6.45, 7) is 8.07. The molecule has 0 spiro atoms. The molecule has 0 amide bonds. The maximum absolute atomic E-state index is 12.0. The molecule has 3 aliphatic heterocycles. The van der Waals surface area contributed by atoms with E-state index in [0.29, 0.717) is 0 Å². The van der Waals surface area contributed by atoms with Gasteiger partial charge in [-0.05, 0) is 45.4 Å². The second-order valence-electron chi connectivity index (χ2n) is 7.98. The molecule has 0 aromatic heterocycles. The molecule has 8 nitrogen and oxygen atoms in total. The van der Waals surface area contributed by atoms with E-state index >= 15 is 0 Å². The van der Waals surface area contributed by atoms with Crippen LogP contribution >= 0.6 is 15.8 Å². The van der Waals surface area contributed by atoms with Crippen molar-refractivity contribution in [2.24, 2.45) is 0 Å². The standard InChI is InChI=1S/C17H31N5O3P.F6P/c1-2-24-17(23)16(15-18)19-25-26(20-9-3-4-10-20,21-11-5-6-12-21)22-13-7-8-14-22;1-7(2,3,4,5)6/h16,19H,2-14H2,1H3;/q+1;-1. The van der Waals surface area contributed by atoms with Gasteiger partial charge in [0.05, 0.1) is 12.7 Å². The van der Waals surface area contributed by atoms with E-state index in [2.05, 4.69) is 19.5 Å². The topological polar surface area (TPSA) is 81.1 Å². The summed E-state index contributed by atoms with van der Waals surface area (Å²) in [5.74, 6) is -0.572. The summed E-state index contributed by atoms with van der Waals surface area (Å²) in [5.41, 5.74) is 2.81. The van der Waals surface area contributed by atoms with Crippen LogP contribution in [0.5, 0.6) is 0 Å². The molecule has 16 heteroatoms. The van der Waals surface area contributed by atoms with Crippen molar-refractivity contribution in [2.45, 2.75) is 51.5 Å². The van der Waals surface area contributed by atoms with E-state index in [4.69, 9.17) is 9.36 Å². The summed E-state index contributed by atoms with van der Waals surface area (Å²) in [7, 11) is -12.9. The van der Waals surface area contributed by atoms with Gasteiger partial charge in [-0.15, -0.1) is 19.5 Å². The normalized spacial score (nSPS) is 23.8. The Morgan fingerprint density at radius 3 is 1.52 bits per heavy atom. The number of ether oxygens (including phenoxy) is 1. The van der Waals surface area contributed by atoms with Gasteiger partial charge >= 0.3 is 46.9 Å². The van der Waals surface area contributed by atoms with E-state index in [1.165, 1.54) is 38.5 Å². The first kappa shape index (κ1) is 28.4. The van der Waals surface area contributed by atoms with Gasteiger partial charge < -0.3 is 4.74 Å². The summed E-state index contributed by atoms with van der Waals surface area (Å²) >= 11 is 0. The quantitative estimate of drug-likeness (QED) is 0.196. The van der Waals surface area contributed by atoms with Crippen molar-refractivity contribution in [3.63, 3.8) is 0 Å². The fraction of sp³-hybridized carbons (Fsp3) is 0.882. The molecule has 0 aromatic rings. The fourth-order valence-electron chi connectivity index (χ4n) is 4.07. The zero-order chi connectivity index (χ0) is 24.8. The molecule has 194 valence electrons. The van der Waals surface area contributed by atoms with Gasteiger partial charge in [0.2, 0.25) is 6.04 Å². The van der Waals surface area contributed by atoms with Crippen molar-refractivity contribution in [3.05, 3.63) is 0 Å². The number of carbonyl (C=O) groups excluding carboxylic acids is 1. The van der Waals surface area contributed by atoms with Crippen LogP contribution in [0.1, 0.15) is 45.4 Å². The third kappa shape index (κ3) is 9.40. The van der Waals surface area contributed by atoms with E-state index in [1.54, 1.807) is 6.92 Å². The van der Waals surface area contributed by atoms with Crippen molar-refractivity contribution in [1.29, 1.82) is 5.26 Å². The van der Waals surface area contributed by atoms with Crippen LogP contribution in [0.2, 0.25) is 0 Å². The van der Waals surface area contributed by atoms with Crippen molar-refractivity contribution < 1.29 is 39.3 Å². The van der Waals surface area contributed by atoms with Crippen LogP contribution in [0, 0.1) is 11.3 Å². The average Bonchev–Trinajstić information content (AvgIpc) is 3.47. The molecule has 3 fully saturated rings. The molecule has 3 saturated heterocycles. The number of hydroxylamine groups is 1. The predicted octanol–water partition coefficient (Wildman–Crippen LogP) is 5.31. The van der Waals surface area contributed by atoms with Gasteiger partial charge in [0.1, 0.15) is 0 Å². The zero-order valence-electron chi connectivity index (χ0n) is 18.4.